The van der Waals surface area contributed by atoms with Gasteiger partial charge in [-0.25, -0.2) is 4.39 Å². The van der Waals surface area contributed by atoms with E-state index in [0.717, 1.165) is 0 Å². The predicted molar refractivity (Wildman–Crippen MR) is 63.5 cm³/mol. The maximum atomic E-state index is 13.4. The minimum atomic E-state index is -1.14. The van der Waals surface area contributed by atoms with Gasteiger partial charge in [0.2, 0.25) is 0 Å². The monoisotopic (exact) mass is 271 g/mol. The van der Waals surface area contributed by atoms with E-state index in [9.17, 15) is 14.0 Å². The van der Waals surface area contributed by atoms with Crippen molar-refractivity contribution < 1.29 is 28.9 Å². The summed E-state index contributed by atoms with van der Waals surface area (Å²) < 4.78 is 18.2. The third-order valence-corrected chi connectivity index (χ3v) is 2.34. The standard InChI is InChI=1S/C12H14FNO5/c1-19-10-3-2-8(4-9(10)13)5-14(6-11(15)16)7-12(17)18/h2-4H,5-7H2,1H3,(H,15,16)(H,17,18). The van der Waals surface area contributed by atoms with Gasteiger partial charge in [0, 0.05) is 6.54 Å². The summed E-state index contributed by atoms with van der Waals surface area (Å²) in [4.78, 5) is 22.4. The van der Waals surface area contributed by atoms with Crippen LogP contribution in [0.3, 0.4) is 0 Å². The Morgan fingerprint density at radius 3 is 2.26 bits per heavy atom. The molecule has 0 saturated carbocycles. The van der Waals surface area contributed by atoms with Gasteiger partial charge in [-0.3, -0.25) is 14.5 Å². The predicted octanol–water partition coefficient (Wildman–Crippen LogP) is 0.806. The van der Waals surface area contributed by atoms with Crippen LogP contribution in [0.1, 0.15) is 5.56 Å². The molecule has 7 heteroatoms. The molecule has 0 bridgehead atoms. The van der Waals surface area contributed by atoms with Gasteiger partial charge in [-0.05, 0) is 17.7 Å². The van der Waals surface area contributed by atoms with Gasteiger partial charge < -0.3 is 14.9 Å². The van der Waals surface area contributed by atoms with Crippen LogP contribution >= 0.6 is 0 Å². The molecule has 2 N–H and O–H groups in total. The Morgan fingerprint density at radius 1 is 1.26 bits per heavy atom. The number of aliphatic carboxylic acids is 2. The fourth-order valence-electron chi connectivity index (χ4n) is 1.62. The largest absolute Gasteiger partial charge is 0.494 e. The van der Waals surface area contributed by atoms with Crippen LogP contribution in [0.5, 0.6) is 5.75 Å². The van der Waals surface area contributed by atoms with E-state index in [1.54, 1.807) is 6.07 Å². The van der Waals surface area contributed by atoms with Crippen LogP contribution in [0.15, 0.2) is 18.2 Å². The number of hydrogen-bond donors (Lipinski definition) is 2. The molecule has 0 aliphatic heterocycles. The Balaban J connectivity index is 2.80. The number of rotatable bonds is 7. The Hall–Kier alpha value is -2.15. The van der Waals surface area contributed by atoms with Crippen LogP contribution in [0.2, 0.25) is 0 Å². The van der Waals surface area contributed by atoms with E-state index in [1.165, 1.54) is 24.1 Å². The van der Waals surface area contributed by atoms with Crippen molar-refractivity contribution in [3.63, 3.8) is 0 Å². The molecule has 0 fully saturated rings. The van der Waals surface area contributed by atoms with Crippen LogP contribution in [-0.2, 0) is 16.1 Å². The summed E-state index contributed by atoms with van der Waals surface area (Å²) in [6.45, 7) is -0.834. The Labute approximate surface area is 109 Å². The van der Waals surface area contributed by atoms with Gasteiger partial charge in [0.05, 0.1) is 20.2 Å². The topological polar surface area (TPSA) is 87.1 Å². The lowest BCUT2D eigenvalue weighted by atomic mass is 10.2. The summed E-state index contributed by atoms with van der Waals surface area (Å²) >= 11 is 0. The average molecular weight is 271 g/mol. The zero-order valence-corrected chi connectivity index (χ0v) is 10.3. The molecule has 19 heavy (non-hydrogen) atoms. The number of carbonyl (C=O) groups is 2. The zero-order valence-electron chi connectivity index (χ0n) is 10.3. The van der Waals surface area contributed by atoms with E-state index in [-0.39, 0.29) is 12.3 Å². The molecule has 6 nitrogen and oxygen atoms in total. The Morgan fingerprint density at radius 2 is 1.84 bits per heavy atom. The van der Waals surface area contributed by atoms with Gasteiger partial charge >= 0.3 is 11.9 Å². The highest BCUT2D eigenvalue weighted by Crippen LogP contribution is 2.18. The second kappa shape index (κ2) is 6.69. The average Bonchev–Trinajstić information content (AvgIpc) is 2.27. The first-order valence-electron chi connectivity index (χ1n) is 5.40. The highest BCUT2D eigenvalue weighted by molar-refractivity contribution is 5.72. The van der Waals surface area contributed by atoms with Crippen LogP contribution < -0.4 is 4.74 Å². The maximum absolute atomic E-state index is 13.4. The third-order valence-electron chi connectivity index (χ3n) is 2.34. The molecule has 0 saturated heterocycles. The highest BCUT2D eigenvalue weighted by Gasteiger charge is 2.14. The van der Waals surface area contributed by atoms with E-state index in [1.807, 2.05) is 0 Å². The van der Waals surface area contributed by atoms with Crippen molar-refractivity contribution in [2.75, 3.05) is 20.2 Å². The van der Waals surface area contributed by atoms with Crippen LogP contribution in [0.4, 0.5) is 4.39 Å². The summed E-state index contributed by atoms with van der Waals surface area (Å²) in [6, 6.07) is 4.15. The summed E-state index contributed by atoms with van der Waals surface area (Å²) in [5.74, 6) is -2.79. The van der Waals surface area contributed by atoms with Crippen molar-refractivity contribution in [3.05, 3.63) is 29.6 Å². The van der Waals surface area contributed by atoms with Gasteiger partial charge in [-0.2, -0.15) is 0 Å². The number of benzene rings is 1. The van der Waals surface area contributed by atoms with Crippen LogP contribution in [0, 0.1) is 5.82 Å². The summed E-state index contributed by atoms with van der Waals surface area (Å²) in [5, 5.41) is 17.4. The number of carboxylic acids is 2. The first-order valence-corrected chi connectivity index (χ1v) is 5.40. The third kappa shape index (κ3) is 4.92. The SMILES string of the molecule is COc1ccc(CN(CC(=O)O)CC(=O)O)cc1F. The van der Waals surface area contributed by atoms with E-state index >= 15 is 0 Å². The van der Waals surface area contributed by atoms with E-state index in [2.05, 4.69) is 0 Å². The summed E-state index contributed by atoms with van der Waals surface area (Å²) in [7, 11) is 1.33. The minimum Gasteiger partial charge on any atom is -0.494 e. The number of hydrogen-bond acceptors (Lipinski definition) is 4. The summed E-state index contributed by atoms with van der Waals surface area (Å²) in [6.07, 6.45) is 0. The number of methoxy groups -OCH3 is 1. The Kier molecular flexibility index (Phi) is 5.25. The molecule has 0 unspecified atom stereocenters. The van der Waals surface area contributed by atoms with Gasteiger partial charge in [0.15, 0.2) is 11.6 Å². The zero-order chi connectivity index (χ0) is 14.4. The second-order valence-corrected chi connectivity index (χ2v) is 3.90. The maximum Gasteiger partial charge on any atom is 0.317 e. The van der Waals surface area contributed by atoms with Gasteiger partial charge in [-0.15, -0.1) is 0 Å². The molecule has 0 heterocycles. The lowest BCUT2D eigenvalue weighted by Gasteiger charge is -2.18. The second-order valence-electron chi connectivity index (χ2n) is 3.90. The van der Waals surface area contributed by atoms with Crippen LogP contribution in [-0.4, -0.2) is 47.3 Å². The molecule has 0 radical (unpaired) electrons. The number of ether oxygens (including phenoxy) is 1. The quantitative estimate of drug-likeness (QED) is 0.763. The first-order chi connectivity index (χ1) is 8.92. The fraction of sp³-hybridized carbons (Fsp3) is 0.333. The molecular weight excluding hydrogens is 257 g/mol. The highest BCUT2D eigenvalue weighted by atomic mass is 19.1. The minimum absolute atomic E-state index is 0.0273. The van der Waals surface area contributed by atoms with Crippen LogP contribution in [0.25, 0.3) is 0 Å². The molecular formula is C12H14FNO5. The molecule has 104 valence electrons. The molecule has 0 atom stereocenters. The lowest BCUT2D eigenvalue weighted by Crippen LogP contribution is -2.33. The molecule has 0 aliphatic carbocycles. The van der Waals surface area contributed by atoms with E-state index < -0.39 is 30.8 Å². The molecule has 0 amide bonds. The lowest BCUT2D eigenvalue weighted by molar-refractivity contribution is -0.142. The van der Waals surface area contributed by atoms with Crippen molar-refractivity contribution in [2.24, 2.45) is 0 Å². The normalized spacial score (nSPS) is 10.5. The van der Waals surface area contributed by atoms with Crippen molar-refractivity contribution >= 4 is 11.9 Å². The number of carboxylic acid groups (broad SMARTS) is 2. The van der Waals surface area contributed by atoms with Crippen molar-refractivity contribution in [1.29, 1.82) is 0 Å². The molecule has 1 aromatic carbocycles. The molecule has 1 rings (SSSR count). The summed E-state index contributed by atoms with van der Waals surface area (Å²) in [5.41, 5.74) is 0.473. The first kappa shape index (κ1) is 14.9. The number of nitrogens with zero attached hydrogens (tertiary/aromatic N) is 1. The van der Waals surface area contributed by atoms with Gasteiger partial charge in [0.25, 0.3) is 0 Å². The number of halogens is 1. The van der Waals surface area contributed by atoms with E-state index in [0.29, 0.717) is 5.56 Å². The van der Waals surface area contributed by atoms with Crippen molar-refractivity contribution in [3.8, 4) is 5.75 Å². The smallest absolute Gasteiger partial charge is 0.317 e. The molecule has 1 aromatic rings. The van der Waals surface area contributed by atoms with Crippen molar-refractivity contribution in [2.45, 2.75) is 6.54 Å². The fourth-order valence-corrected chi connectivity index (χ4v) is 1.62. The molecule has 0 spiro atoms. The van der Waals surface area contributed by atoms with Crippen molar-refractivity contribution in [1.82, 2.24) is 4.90 Å². The Bertz CT molecular complexity index is 461. The molecule has 0 aromatic heterocycles. The van der Waals surface area contributed by atoms with Gasteiger partial charge in [0.1, 0.15) is 0 Å². The van der Waals surface area contributed by atoms with Gasteiger partial charge in [-0.1, -0.05) is 6.07 Å². The molecule has 0 aliphatic rings. The van der Waals surface area contributed by atoms with E-state index in [4.69, 9.17) is 14.9 Å².